The number of halogens is 1. The molecule has 2 unspecified atom stereocenters. The number of hydrogen-bond donors (Lipinski definition) is 0. The highest BCUT2D eigenvalue weighted by Crippen LogP contribution is 2.36. The van der Waals surface area contributed by atoms with Crippen LogP contribution in [0.1, 0.15) is 58.4 Å². The molecule has 1 saturated carbocycles. The smallest absolute Gasteiger partial charge is 0.233 e. The Balaban J connectivity index is 1.53. The SMILES string of the molecule is CC1CC(C)CN(C(=O)CSc2nnc(-c3ccc(Br)cc3)n2C2CCCCC2)C1. The lowest BCUT2D eigenvalue weighted by atomic mass is 9.92. The average molecular weight is 491 g/mol. The number of carbonyl (C=O) groups excluding carboxylic acids is 1. The van der Waals surface area contributed by atoms with Gasteiger partial charge in [-0.25, -0.2) is 0 Å². The van der Waals surface area contributed by atoms with Gasteiger partial charge in [-0.05, 0) is 43.2 Å². The number of carbonyl (C=O) groups is 1. The molecule has 1 aromatic carbocycles. The summed E-state index contributed by atoms with van der Waals surface area (Å²) >= 11 is 5.07. The molecular formula is C23H31BrN4OS. The molecular weight excluding hydrogens is 460 g/mol. The number of rotatable bonds is 5. The van der Waals surface area contributed by atoms with E-state index >= 15 is 0 Å². The third-order valence-electron chi connectivity index (χ3n) is 6.25. The van der Waals surface area contributed by atoms with Gasteiger partial charge in [0.1, 0.15) is 0 Å². The molecule has 0 radical (unpaired) electrons. The van der Waals surface area contributed by atoms with Crippen molar-refractivity contribution in [3.05, 3.63) is 28.7 Å². The van der Waals surface area contributed by atoms with Crippen molar-refractivity contribution < 1.29 is 4.79 Å². The molecule has 0 N–H and O–H groups in total. The first-order valence-electron chi connectivity index (χ1n) is 11.1. The Bertz CT molecular complexity index is 853. The molecule has 1 aliphatic carbocycles. The summed E-state index contributed by atoms with van der Waals surface area (Å²) < 4.78 is 3.36. The van der Waals surface area contributed by atoms with E-state index in [1.807, 2.05) is 17.0 Å². The van der Waals surface area contributed by atoms with Gasteiger partial charge < -0.3 is 4.90 Å². The fourth-order valence-corrected chi connectivity index (χ4v) is 6.10. The molecule has 2 aliphatic rings. The molecule has 1 saturated heterocycles. The summed E-state index contributed by atoms with van der Waals surface area (Å²) in [6, 6.07) is 8.68. The van der Waals surface area contributed by atoms with Gasteiger partial charge in [0, 0.05) is 29.2 Å². The third kappa shape index (κ3) is 5.10. The second-order valence-electron chi connectivity index (χ2n) is 9.01. The second kappa shape index (κ2) is 9.86. The normalized spacial score (nSPS) is 23.0. The Labute approximate surface area is 192 Å². The van der Waals surface area contributed by atoms with E-state index in [4.69, 9.17) is 0 Å². The lowest BCUT2D eigenvalue weighted by Crippen LogP contribution is -2.43. The zero-order valence-corrected chi connectivity index (χ0v) is 20.3. The molecule has 5 nitrogen and oxygen atoms in total. The number of hydrogen-bond acceptors (Lipinski definition) is 4. The van der Waals surface area contributed by atoms with Crippen LogP contribution in [0.4, 0.5) is 0 Å². The Hall–Kier alpha value is -1.34. The molecule has 2 heterocycles. The molecule has 1 aliphatic heterocycles. The number of nitrogens with zero attached hydrogens (tertiary/aromatic N) is 4. The van der Waals surface area contributed by atoms with Gasteiger partial charge in [0.15, 0.2) is 11.0 Å². The van der Waals surface area contributed by atoms with Crippen molar-refractivity contribution in [2.24, 2.45) is 11.8 Å². The van der Waals surface area contributed by atoms with Gasteiger partial charge in [-0.1, -0.05) is 72.9 Å². The minimum absolute atomic E-state index is 0.224. The molecule has 2 aromatic rings. The molecule has 7 heteroatoms. The summed E-state index contributed by atoms with van der Waals surface area (Å²) in [4.78, 5) is 15.0. The van der Waals surface area contributed by atoms with Gasteiger partial charge in [-0.15, -0.1) is 10.2 Å². The molecule has 0 spiro atoms. The monoisotopic (exact) mass is 490 g/mol. The highest BCUT2D eigenvalue weighted by molar-refractivity contribution is 9.10. The Morgan fingerprint density at radius 3 is 2.40 bits per heavy atom. The molecule has 1 amide bonds. The van der Waals surface area contributed by atoms with Gasteiger partial charge in [0.05, 0.1) is 5.75 Å². The predicted molar refractivity (Wildman–Crippen MR) is 126 cm³/mol. The fraction of sp³-hybridized carbons (Fsp3) is 0.609. The highest BCUT2D eigenvalue weighted by Gasteiger charge is 2.27. The van der Waals surface area contributed by atoms with Gasteiger partial charge in [-0.2, -0.15) is 0 Å². The minimum atomic E-state index is 0.224. The summed E-state index contributed by atoms with van der Waals surface area (Å²) in [7, 11) is 0. The first kappa shape index (κ1) is 21.9. The van der Waals surface area contributed by atoms with E-state index in [2.05, 4.69) is 56.7 Å². The van der Waals surface area contributed by atoms with Crippen LogP contribution in [0.25, 0.3) is 11.4 Å². The largest absolute Gasteiger partial charge is 0.341 e. The van der Waals surface area contributed by atoms with Gasteiger partial charge in [0.25, 0.3) is 0 Å². The molecule has 0 bridgehead atoms. The second-order valence-corrected chi connectivity index (χ2v) is 10.9. The zero-order valence-electron chi connectivity index (χ0n) is 17.9. The van der Waals surface area contributed by atoms with Crippen LogP contribution >= 0.6 is 27.7 Å². The van der Waals surface area contributed by atoms with E-state index in [-0.39, 0.29) is 5.91 Å². The van der Waals surface area contributed by atoms with Gasteiger partial charge >= 0.3 is 0 Å². The Morgan fingerprint density at radius 1 is 1.07 bits per heavy atom. The van der Waals surface area contributed by atoms with Crippen molar-refractivity contribution in [1.29, 1.82) is 0 Å². The fourth-order valence-electron chi connectivity index (χ4n) is 4.92. The number of benzene rings is 1. The van der Waals surface area contributed by atoms with Crippen molar-refractivity contribution in [3.63, 3.8) is 0 Å². The zero-order chi connectivity index (χ0) is 21.1. The maximum atomic E-state index is 12.9. The Kier molecular flexibility index (Phi) is 7.19. The molecule has 162 valence electrons. The summed E-state index contributed by atoms with van der Waals surface area (Å²) in [6.45, 7) is 6.24. The first-order valence-corrected chi connectivity index (χ1v) is 12.9. The number of aromatic nitrogens is 3. The van der Waals surface area contributed by atoms with Crippen molar-refractivity contribution in [3.8, 4) is 11.4 Å². The number of thioether (sulfide) groups is 1. The van der Waals surface area contributed by atoms with E-state index in [1.165, 1.54) is 25.7 Å². The quantitative estimate of drug-likeness (QED) is 0.496. The molecule has 4 rings (SSSR count). The average Bonchev–Trinajstić information content (AvgIpc) is 3.16. The number of piperidine rings is 1. The van der Waals surface area contributed by atoms with Crippen LogP contribution in [0.3, 0.4) is 0 Å². The molecule has 2 fully saturated rings. The summed E-state index contributed by atoms with van der Waals surface area (Å²) in [5, 5.41) is 9.97. The third-order valence-corrected chi connectivity index (χ3v) is 7.71. The van der Waals surface area contributed by atoms with Crippen LogP contribution in [0.15, 0.2) is 33.9 Å². The Morgan fingerprint density at radius 2 is 1.73 bits per heavy atom. The van der Waals surface area contributed by atoms with Crippen LogP contribution in [-0.4, -0.2) is 44.4 Å². The predicted octanol–water partition coefficient (Wildman–Crippen LogP) is 5.81. The van der Waals surface area contributed by atoms with Crippen molar-refractivity contribution in [2.75, 3.05) is 18.8 Å². The van der Waals surface area contributed by atoms with E-state index < -0.39 is 0 Å². The summed E-state index contributed by atoms with van der Waals surface area (Å²) in [5.41, 5.74) is 1.08. The van der Waals surface area contributed by atoms with Crippen molar-refractivity contribution in [1.82, 2.24) is 19.7 Å². The van der Waals surface area contributed by atoms with Crippen LogP contribution in [-0.2, 0) is 4.79 Å². The van der Waals surface area contributed by atoms with Gasteiger partial charge in [-0.3, -0.25) is 9.36 Å². The minimum Gasteiger partial charge on any atom is -0.341 e. The van der Waals surface area contributed by atoms with Crippen LogP contribution in [0.2, 0.25) is 0 Å². The van der Waals surface area contributed by atoms with E-state index in [0.717, 1.165) is 46.9 Å². The van der Waals surface area contributed by atoms with Crippen LogP contribution < -0.4 is 0 Å². The maximum absolute atomic E-state index is 12.9. The standard InChI is InChI=1S/C23H31BrN4OS/c1-16-12-17(2)14-27(13-16)21(29)15-30-23-26-25-22(18-8-10-19(24)11-9-18)28(23)20-6-4-3-5-7-20/h8-11,16-17,20H,3-7,12-15H2,1-2H3. The first-order chi connectivity index (χ1) is 14.5. The lowest BCUT2D eigenvalue weighted by molar-refractivity contribution is -0.130. The lowest BCUT2D eigenvalue weighted by Gasteiger charge is -2.35. The highest BCUT2D eigenvalue weighted by atomic mass is 79.9. The van der Waals surface area contributed by atoms with Crippen molar-refractivity contribution >= 4 is 33.6 Å². The molecule has 2 atom stereocenters. The number of likely N-dealkylation sites (tertiary alicyclic amines) is 1. The van der Waals surface area contributed by atoms with Crippen molar-refractivity contribution in [2.45, 2.75) is 63.6 Å². The van der Waals surface area contributed by atoms with Crippen LogP contribution in [0.5, 0.6) is 0 Å². The van der Waals surface area contributed by atoms with Crippen LogP contribution in [0, 0.1) is 11.8 Å². The van der Waals surface area contributed by atoms with E-state index in [9.17, 15) is 4.79 Å². The molecule has 30 heavy (non-hydrogen) atoms. The topological polar surface area (TPSA) is 51.0 Å². The maximum Gasteiger partial charge on any atom is 0.233 e. The summed E-state index contributed by atoms with van der Waals surface area (Å²) in [5.74, 6) is 2.74. The van der Waals surface area contributed by atoms with E-state index in [1.54, 1.807) is 11.8 Å². The summed E-state index contributed by atoms with van der Waals surface area (Å²) in [6.07, 6.45) is 7.32. The van der Waals surface area contributed by atoms with Gasteiger partial charge in [0.2, 0.25) is 5.91 Å². The number of amides is 1. The van der Waals surface area contributed by atoms with E-state index in [0.29, 0.717) is 23.6 Å². The molecule has 1 aromatic heterocycles.